The second kappa shape index (κ2) is 28.2. The van der Waals surface area contributed by atoms with Gasteiger partial charge in [-0.25, -0.2) is 4.57 Å². The Labute approximate surface area is 268 Å². The van der Waals surface area contributed by atoms with Crippen molar-refractivity contribution in [1.29, 1.82) is 0 Å². The number of esters is 2. The fourth-order valence-electron chi connectivity index (χ4n) is 4.64. The van der Waals surface area contributed by atoms with Gasteiger partial charge in [-0.2, -0.15) is 0 Å². The first-order chi connectivity index (χ1) is 21.0. The third-order valence-electron chi connectivity index (χ3n) is 7.44. The number of unbranched alkanes of at least 4 members (excludes halogenated alkanes) is 17. The SMILES string of the molecule is CCCCCCCCCCCCCCCC(=O)OC[C@H](COP(=O)(O)OCC[N+](C)(C)C)OC(=O)CCCCCCCCO. The lowest BCUT2D eigenvalue weighted by molar-refractivity contribution is -0.870. The van der Waals surface area contributed by atoms with Crippen LogP contribution in [0.25, 0.3) is 0 Å². The molecule has 0 heterocycles. The monoisotopic (exact) mass is 652 g/mol. The van der Waals surface area contributed by atoms with Crippen molar-refractivity contribution in [1.82, 2.24) is 0 Å². The molecule has 11 heteroatoms. The molecule has 0 saturated carbocycles. The van der Waals surface area contributed by atoms with Crippen LogP contribution in [0, 0.1) is 0 Å². The number of nitrogens with zero attached hydrogens (tertiary/aromatic N) is 1. The number of hydrogen-bond acceptors (Lipinski definition) is 8. The highest BCUT2D eigenvalue weighted by Gasteiger charge is 2.27. The van der Waals surface area contributed by atoms with Crippen molar-refractivity contribution in [2.75, 3.05) is 54.1 Å². The number of carbonyl (C=O) groups excluding carboxylic acids is 2. The zero-order chi connectivity index (χ0) is 32.9. The first-order valence-electron chi connectivity index (χ1n) is 17.4. The Bertz CT molecular complexity index is 745. The minimum absolute atomic E-state index is 0.0220. The van der Waals surface area contributed by atoms with E-state index in [-0.39, 0.29) is 38.6 Å². The summed E-state index contributed by atoms with van der Waals surface area (Å²) in [6.07, 6.45) is 20.6. The lowest BCUT2D eigenvalue weighted by Gasteiger charge is -2.24. The largest absolute Gasteiger partial charge is 0.472 e. The van der Waals surface area contributed by atoms with Crippen LogP contribution in [0.3, 0.4) is 0 Å². The highest BCUT2D eigenvalue weighted by atomic mass is 31.2. The van der Waals surface area contributed by atoms with E-state index in [0.717, 1.165) is 51.4 Å². The molecule has 44 heavy (non-hydrogen) atoms. The van der Waals surface area contributed by atoms with E-state index in [1.54, 1.807) is 0 Å². The van der Waals surface area contributed by atoms with Crippen molar-refractivity contribution in [3.8, 4) is 0 Å². The quantitative estimate of drug-likeness (QED) is 0.0329. The van der Waals surface area contributed by atoms with E-state index in [9.17, 15) is 19.0 Å². The van der Waals surface area contributed by atoms with Crippen LogP contribution in [0.4, 0.5) is 0 Å². The van der Waals surface area contributed by atoms with Gasteiger partial charge in [0.15, 0.2) is 6.10 Å². The van der Waals surface area contributed by atoms with Crippen LogP contribution in [-0.4, -0.2) is 86.6 Å². The summed E-state index contributed by atoms with van der Waals surface area (Å²) in [7, 11) is 1.44. The summed E-state index contributed by atoms with van der Waals surface area (Å²) in [5.74, 6) is -0.858. The Morgan fingerprint density at radius 1 is 0.659 bits per heavy atom. The predicted octanol–water partition coefficient (Wildman–Crippen LogP) is 7.49. The van der Waals surface area contributed by atoms with Gasteiger partial charge in [0.25, 0.3) is 0 Å². The molecule has 0 saturated heterocycles. The number of ether oxygens (including phenoxy) is 2. The van der Waals surface area contributed by atoms with Crippen molar-refractivity contribution in [3.63, 3.8) is 0 Å². The molecule has 0 aliphatic rings. The van der Waals surface area contributed by atoms with Crippen LogP contribution >= 0.6 is 7.82 Å². The van der Waals surface area contributed by atoms with Gasteiger partial charge in [-0.05, 0) is 19.3 Å². The van der Waals surface area contributed by atoms with Gasteiger partial charge < -0.3 is 24.0 Å². The van der Waals surface area contributed by atoms with Gasteiger partial charge in [0.2, 0.25) is 0 Å². The van der Waals surface area contributed by atoms with E-state index in [0.29, 0.717) is 17.4 Å². The molecule has 0 radical (unpaired) electrons. The van der Waals surface area contributed by atoms with Crippen molar-refractivity contribution in [2.24, 2.45) is 0 Å². The first-order valence-corrected chi connectivity index (χ1v) is 18.9. The summed E-state index contributed by atoms with van der Waals surface area (Å²) in [6, 6.07) is 0. The zero-order valence-corrected chi connectivity index (χ0v) is 29.5. The molecule has 2 N–H and O–H groups in total. The molecule has 0 aromatic carbocycles. The van der Waals surface area contributed by atoms with Crippen molar-refractivity contribution in [2.45, 2.75) is 148 Å². The topological polar surface area (TPSA) is 129 Å². The van der Waals surface area contributed by atoms with E-state index in [4.69, 9.17) is 23.6 Å². The Morgan fingerprint density at radius 2 is 1.11 bits per heavy atom. The standard InChI is InChI=1S/C33H66NO9P/c1-5-6-7-8-9-10-11-12-13-14-15-18-21-24-32(36)40-29-31(30-42-44(38,39)41-28-26-34(2,3)4)43-33(37)25-22-19-16-17-20-23-27-35/h31,35H,5-30H2,1-4H3/p+1/t31-/m1/s1. The zero-order valence-electron chi connectivity index (χ0n) is 28.6. The highest BCUT2D eigenvalue weighted by molar-refractivity contribution is 7.47. The Morgan fingerprint density at radius 3 is 1.59 bits per heavy atom. The number of phosphoric acid groups is 1. The maximum Gasteiger partial charge on any atom is 0.472 e. The summed E-state index contributed by atoms with van der Waals surface area (Å²) in [4.78, 5) is 34.8. The van der Waals surface area contributed by atoms with Crippen LogP contribution in [-0.2, 0) is 32.7 Å². The van der Waals surface area contributed by atoms with Gasteiger partial charge in [-0.15, -0.1) is 0 Å². The molecule has 0 aliphatic heterocycles. The van der Waals surface area contributed by atoms with Crippen LogP contribution in [0.15, 0.2) is 0 Å². The fourth-order valence-corrected chi connectivity index (χ4v) is 5.38. The van der Waals surface area contributed by atoms with E-state index < -0.39 is 26.5 Å². The maximum atomic E-state index is 12.4. The van der Waals surface area contributed by atoms with Gasteiger partial charge in [0, 0.05) is 19.4 Å². The maximum absolute atomic E-state index is 12.4. The summed E-state index contributed by atoms with van der Waals surface area (Å²) in [5, 5.41) is 8.85. The molecule has 0 rings (SSSR count). The van der Waals surface area contributed by atoms with Crippen molar-refractivity contribution < 1.29 is 47.2 Å². The van der Waals surface area contributed by atoms with E-state index in [1.165, 1.54) is 64.2 Å². The molecule has 10 nitrogen and oxygen atoms in total. The molecule has 1 unspecified atom stereocenters. The van der Waals surface area contributed by atoms with Crippen LogP contribution in [0.2, 0.25) is 0 Å². The average molecular weight is 653 g/mol. The number of rotatable bonds is 32. The summed E-state index contributed by atoms with van der Waals surface area (Å²) in [5.41, 5.74) is 0. The normalized spacial score (nSPS) is 13.9. The molecule has 0 aliphatic carbocycles. The molecular weight excluding hydrogens is 585 g/mol. The molecule has 0 fully saturated rings. The number of likely N-dealkylation sites (N-methyl/N-ethyl adjacent to an activating group) is 1. The van der Waals surface area contributed by atoms with Crippen LogP contribution < -0.4 is 0 Å². The fraction of sp³-hybridized carbons (Fsp3) is 0.939. The minimum Gasteiger partial charge on any atom is -0.462 e. The lowest BCUT2D eigenvalue weighted by atomic mass is 10.0. The van der Waals surface area contributed by atoms with Crippen molar-refractivity contribution in [3.05, 3.63) is 0 Å². The Kier molecular flexibility index (Phi) is 27.6. The van der Waals surface area contributed by atoms with E-state index in [1.807, 2.05) is 21.1 Å². The second-order valence-electron chi connectivity index (χ2n) is 13.0. The summed E-state index contributed by atoms with van der Waals surface area (Å²) in [6.45, 7) is 2.30. The smallest absolute Gasteiger partial charge is 0.462 e. The van der Waals surface area contributed by atoms with E-state index >= 15 is 0 Å². The number of hydrogen-bond donors (Lipinski definition) is 2. The second-order valence-corrected chi connectivity index (χ2v) is 14.4. The lowest BCUT2D eigenvalue weighted by Crippen LogP contribution is -2.37. The van der Waals surface area contributed by atoms with Gasteiger partial charge in [0.05, 0.1) is 27.7 Å². The Balaban J connectivity index is 4.39. The average Bonchev–Trinajstić information content (AvgIpc) is 2.95. The molecular formula is C33H67NO9P+. The number of carbonyl (C=O) groups is 2. The molecule has 0 spiro atoms. The molecule has 0 bridgehead atoms. The Hall–Kier alpha value is -1.03. The van der Waals surface area contributed by atoms with Gasteiger partial charge >= 0.3 is 19.8 Å². The van der Waals surface area contributed by atoms with E-state index in [2.05, 4.69) is 6.92 Å². The third kappa shape index (κ3) is 31.0. The predicted molar refractivity (Wildman–Crippen MR) is 175 cm³/mol. The number of quaternary nitrogens is 1. The van der Waals surface area contributed by atoms with Gasteiger partial charge in [-0.3, -0.25) is 18.6 Å². The van der Waals surface area contributed by atoms with Gasteiger partial charge in [0.1, 0.15) is 19.8 Å². The molecule has 262 valence electrons. The highest BCUT2D eigenvalue weighted by Crippen LogP contribution is 2.43. The summed E-state index contributed by atoms with van der Waals surface area (Å²) >= 11 is 0. The molecule has 0 aromatic rings. The minimum atomic E-state index is -4.37. The molecule has 2 atom stereocenters. The number of phosphoric ester groups is 1. The van der Waals surface area contributed by atoms with Gasteiger partial charge in [-0.1, -0.05) is 110 Å². The number of aliphatic hydroxyl groups excluding tert-OH is 1. The molecule has 0 amide bonds. The first kappa shape index (κ1) is 43.0. The number of aliphatic hydroxyl groups is 1. The third-order valence-corrected chi connectivity index (χ3v) is 8.43. The van der Waals surface area contributed by atoms with Crippen LogP contribution in [0.1, 0.15) is 142 Å². The summed E-state index contributed by atoms with van der Waals surface area (Å²) < 4.78 is 33.8. The molecule has 0 aromatic heterocycles. The van der Waals surface area contributed by atoms with Crippen molar-refractivity contribution >= 4 is 19.8 Å². The van der Waals surface area contributed by atoms with Crippen LogP contribution in [0.5, 0.6) is 0 Å².